The lowest BCUT2D eigenvalue weighted by molar-refractivity contribution is 0.307. The highest BCUT2D eigenvalue weighted by molar-refractivity contribution is 6.04. The molecule has 5 heteroatoms. The molecule has 0 amide bonds. The quantitative estimate of drug-likeness (QED) is 0.632. The number of aliphatic hydroxyl groups is 1. The Morgan fingerprint density at radius 1 is 1.39 bits per heavy atom. The van der Waals surface area contributed by atoms with Crippen molar-refractivity contribution in [3.8, 4) is 5.75 Å². The molecule has 0 unspecified atom stereocenters. The van der Waals surface area contributed by atoms with Crippen LogP contribution < -0.4 is 5.63 Å². The van der Waals surface area contributed by atoms with E-state index in [0.29, 0.717) is 16.7 Å². The van der Waals surface area contributed by atoms with Gasteiger partial charge in [0, 0.05) is 0 Å². The molecule has 2 N–H and O–H groups in total. The lowest BCUT2D eigenvalue weighted by Gasteiger charge is -2.05. The van der Waals surface area contributed by atoms with Gasteiger partial charge in [-0.2, -0.15) is 0 Å². The summed E-state index contributed by atoms with van der Waals surface area (Å²) in [6.45, 7) is 1.66. The Balaban J connectivity index is 2.68. The number of aromatic hydroxyl groups is 1. The Bertz CT molecular complexity index is 658. The summed E-state index contributed by atoms with van der Waals surface area (Å²) >= 11 is 0. The topological polar surface area (TPSA) is 83.0 Å². The van der Waals surface area contributed by atoms with Crippen LogP contribution in [0.5, 0.6) is 5.75 Å². The van der Waals surface area contributed by atoms with Crippen LogP contribution in [-0.2, 0) is 0 Å². The van der Waals surface area contributed by atoms with E-state index in [9.17, 15) is 9.90 Å². The van der Waals surface area contributed by atoms with E-state index in [1.54, 1.807) is 31.2 Å². The molecule has 0 aliphatic rings. The molecule has 0 radical (unpaired) electrons. The monoisotopic (exact) mass is 247 g/mol. The van der Waals surface area contributed by atoms with Crippen LogP contribution in [0.4, 0.5) is 0 Å². The van der Waals surface area contributed by atoms with Crippen molar-refractivity contribution in [1.82, 2.24) is 0 Å². The molecule has 0 aliphatic carbocycles. The second-order valence-electron chi connectivity index (χ2n) is 3.80. The van der Waals surface area contributed by atoms with Gasteiger partial charge in [-0.15, -0.1) is 0 Å². The summed E-state index contributed by atoms with van der Waals surface area (Å²) in [5.74, 6) is -0.138. The highest BCUT2D eigenvalue weighted by Crippen LogP contribution is 2.26. The molecule has 2 rings (SSSR count). The molecule has 2 aromatic rings. The van der Waals surface area contributed by atoms with Gasteiger partial charge in [-0.05, 0) is 19.1 Å². The Morgan fingerprint density at radius 2 is 2.11 bits per heavy atom. The first kappa shape index (κ1) is 12.3. The number of aliphatic imine (C=N–C) groups is 1. The molecule has 0 aliphatic heterocycles. The maximum atomic E-state index is 11.8. The predicted octanol–water partition coefficient (Wildman–Crippen LogP) is 1.30. The molecule has 5 nitrogen and oxygen atoms in total. The van der Waals surface area contributed by atoms with E-state index in [-0.39, 0.29) is 24.5 Å². The minimum absolute atomic E-state index is 0.0437. The molecular formula is C13H13NO4. The SMILES string of the molecule is CC(=NCCO)c1c(O)c2ccccc2oc1=O. The summed E-state index contributed by atoms with van der Waals surface area (Å²) < 4.78 is 5.12. The Labute approximate surface area is 103 Å². The van der Waals surface area contributed by atoms with Gasteiger partial charge in [-0.25, -0.2) is 4.79 Å². The summed E-state index contributed by atoms with van der Waals surface area (Å²) in [6, 6.07) is 6.74. The molecule has 18 heavy (non-hydrogen) atoms. The van der Waals surface area contributed by atoms with E-state index in [1.807, 2.05) is 0 Å². The average molecular weight is 247 g/mol. The molecule has 0 fully saturated rings. The van der Waals surface area contributed by atoms with Crippen LogP contribution in [0.25, 0.3) is 11.0 Å². The second-order valence-corrected chi connectivity index (χ2v) is 3.80. The zero-order valence-corrected chi connectivity index (χ0v) is 9.88. The van der Waals surface area contributed by atoms with E-state index in [4.69, 9.17) is 9.52 Å². The minimum Gasteiger partial charge on any atom is -0.506 e. The number of hydrogen-bond donors (Lipinski definition) is 2. The number of fused-ring (bicyclic) bond motifs is 1. The molecule has 1 heterocycles. The molecule has 0 spiro atoms. The highest BCUT2D eigenvalue weighted by atomic mass is 16.4. The predicted molar refractivity (Wildman–Crippen MR) is 68.3 cm³/mol. The van der Waals surface area contributed by atoms with Crippen molar-refractivity contribution in [2.45, 2.75) is 6.92 Å². The van der Waals surface area contributed by atoms with Gasteiger partial charge < -0.3 is 14.6 Å². The van der Waals surface area contributed by atoms with Crippen LogP contribution in [-0.4, -0.2) is 29.1 Å². The molecule has 0 bridgehead atoms. The van der Waals surface area contributed by atoms with Crippen molar-refractivity contribution in [3.05, 3.63) is 40.2 Å². The van der Waals surface area contributed by atoms with E-state index < -0.39 is 5.63 Å². The summed E-state index contributed by atoms with van der Waals surface area (Å²) in [5.41, 5.74) is 0.0901. The molecule has 1 aromatic carbocycles. The summed E-state index contributed by atoms with van der Waals surface area (Å²) in [4.78, 5) is 15.8. The highest BCUT2D eigenvalue weighted by Gasteiger charge is 2.15. The number of para-hydroxylation sites is 1. The Morgan fingerprint density at radius 3 is 2.83 bits per heavy atom. The first-order chi connectivity index (χ1) is 8.65. The van der Waals surface area contributed by atoms with Gasteiger partial charge in [0.05, 0.1) is 24.2 Å². The van der Waals surface area contributed by atoms with Crippen LogP contribution in [0.2, 0.25) is 0 Å². The van der Waals surface area contributed by atoms with E-state index in [2.05, 4.69) is 4.99 Å². The van der Waals surface area contributed by atoms with Crippen molar-refractivity contribution in [2.24, 2.45) is 4.99 Å². The smallest absolute Gasteiger partial charge is 0.349 e. The fourth-order valence-electron chi connectivity index (χ4n) is 1.75. The average Bonchev–Trinajstić information content (AvgIpc) is 2.36. The number of aliphatic hydroxyl groups excluding tert-OH is 1. The minimum atomic E-state index is -0.634. The second kappa shape index (κ2) is 5.01. The van der Waals surface area contributed by atoms with E-state index >= 15 is 0 Å². The number of hydrogen-bond acceptors (Lipinski definition) is 5. The molecule has 1 aromatic heterocycles. The molecular weight excluding hydrogens is 234 g/mol. The van der Waals surface area contributed by atoms with E-state index in [0.717, 1.165) is 0 Å². The van der Waals surface area contributed by atoms with Crippen molar-refractivity contribution in [2.75, 3.05) is 13.2 Å². The largest absolute Gasteiger partial charge is 0.506 e. The van der Waals surface area contributed by atoms with Crippen LogP contribution in [0, 0.1) is 0 Å². The number of rotatable bonds is 3. The van der Waals surface area contributed by atoms with Gasteiger partial charge in [0.2, 0.25) is 0 Å². The lowest BCUT2D eigenvalue weighted by Crippen LogP contribution is -2.13. The number of nitrogens with zero attached hydrogens (tertiary/aromatic N) is 1. The molecule has 0 saturated carbocycles. The van der Waals surface area contributed by atoms with Crippen LogP contribution in [0.15, 0.2) is 38.5 Å². The maximum absolute atomic E-state index is 11.8. The molecule has 94 valence electrons. The van der Waals surface area contributed by atoms with Gasteiger partial charge in [0.25, 0.3) is 0 Å². The van der Waals surface area contributed by atoms with Crippen molar-refractivity contribution >= 4 is 16.7 Å². The Hall–Kier alpha value is -2.14. The molecule has 0 atom stereocenters. The summed E-state index contributed by atoms with van der Waals surface area (Å²) in [7, 11) is 0. The zero-order valence-electron chi connectivity index (χ0n) is 9.88. The van der Waals surface area contributed by atoms with Crippen LogP contribution in [0.1, 0.15) is 12.5 Å². The maximum Gasteiger partial charge on any atom is 0.349 e. The molecule has 0 saturated heterocycles. The van der Waals surface area contributed by atoms with Gasteiger partial charge >= 0.3 is 5.63 Å². The fourth-order valence-corrected chi connectivity index (χ4v) is 1.75. The first-order valence-corrected chi connectivity index (χ1v) is 5.52. The third kappa shape index (κ3) is 2.12. The normalized spacial score (nSPS) is 12.0. The van der Waals surface area contributed by atoms with Crippen molar-refractivity contribution < 1.29 is 14.6 Å². The standard InChI is InChI=1S/C13H13NO4/c1-8(14-6-7-15)11-12(16)9-4-2-3-5-10(9)18-13(11)17/h2-5,15-16H,6-7H2,1H3. The van der Waals surface area contributed by atoms with Crippen molar-refractivity contribution in [3.63, 3.8) is 0 Å². The first-order valence-electron chi connectivity index (χ1n) is 5.52. The Kier molecular flexibility index (Phi) is 3.43. The van der Waals surface area contributed by atoms with Gasteiger partial charge in [-0.1, -0.05) is 12.1 Å². The summed E-state index contributed by atoms with van der Waals surface area (Å²) in [6.07, 6.45) is 0. The van der Waals surface area contributed by atoms with Crippen LogP contribution in [0.3, 0.4) is 0 Å². The fraction of sp³-hybridized carbons (Fsp3) is 0.231. The third-order valence-corrected chi connectivity index (χ3v) is 2.60. The van der Waals surface area contributed by atoms with Gasteiger partial charge in [-0.3, -0.25) is 4.99 Å². The van der Waals surface area contributed by atoms with Crippen molar-refractivity contribution in [1.29, 1.82) is 0 Å². The third-order valence-electron chi connectivity index (χ3n) is 2.60. The number of benzene rings is 1. The lowest BCUT2D eigenvalue weighted by atomic mass is 10.1. The van der Waals surface area contributed by atoms with E-state index in [1.165, 1.54) is 0 Å². The van der Waals surface area contributed by atoms with Crippen LogP contribution >= 0.6 is 0 Å². The summed E-state index contributed by atoms with van der Waals surface area (Å²) in [5, 5.41) is 19.3. The van der Waals surface area contributed by atoms with Gasteiger partial charge in [0.15, 0.2) is 0 Å². The van der Waals surface area contributed by atoms with Gasteiger partial charge in [0.1, 0.15) is 16.9 Å². The zero-order chi connectivity index (χ0) is 13.1.